The molecular formula is C23H19N3O2. The fourth-order valence-electron chi connectivity index (χ4n) is 5.10. The molecule has 2 aliphatic heterocycles. The summed E-state index contributed by atoms with van der Waals surface area (Å²) >= 11 is 0. The average Bonchev–Trinajstić information content (AvgIpc) is 3.37. The summed E-state index contributed by atoms with van der Waals surface area (Å²) in [5.41, 5.74) is 5.36. The Kier molecular flexibility index (Phi) is 3.13. The van der Waals surface area contributed by atoms with Crippen molar-refractivity contribution >= 4 is 33.6 Å². The van der Waals surface area contributed by atoms with Crippen molar-refractivity contribution in [3.8, 4) is 0 Å². The van der Waals surface area contributed by atoms with Crippen molar-refractivity contribution in [3.63, 3.8) is 0 Å². The second-order valence-electron chi connectivity index (χ2n) is 7.79. The van der Waals surface area contributed by atoms with Crippen LogP contribution in [0, 0.1) is 0 Å². The number of para-hydroxylation sites is 2. The van der Waals surface area contributed by atoms with Gasteiger partial charge in [-0.15, -0.1) is 0 Å². The van der Waals surface area contributed by atoms with E-state index in [1.807, 2.05) is 30.5 Å². The Labute approximate surface area is 161 Å². The van der Waals surface area contributed by atoms with Crippen LogP contribution in [-0.4, -0.2) is 21.4 Å². The summed E-state index contributed by atoms with van der Waals surface area (Å²) < 4.78 is 2.26. The first-order valence-electron chi connectivity index (χ1n) is 9.74. The largest absolute Gasteiger partial charge is 0.361 e. The number of amides is 2. The first-order chi connectivity index (χ1) is 13.7. The van der Waals surface area contributed by atoms with Gasteiger partial charge in [-0.25, -0.2) is 0 Å². The van der Waals surface area contributed by atoms with Crippen molar-refractivity contribution in [3.05, 3.63) is 71.5 Å². The zero-order valence-electron chi connectivity index (χ0n) is 15.2. The Morgan fingerprint density at radius 3 is 2.57 bits per heavy atom. The van der Waals surface area contributed by atoms with Crippen LogP contribution in [0.2, 0.25) is 0 Å². The number of fused-ring (bicyclic) bond motifs is 1. The Balaban J connectivity index is 1.58. The molecule has 5 heteroatoms. The van der Waals surface area contributed by atoms with E-state index in [2.05, 4.69) is 39.3 Å². The van der Waals surface area contributed by atoms with Crippen molar-refractivity contribution in [2.45, 2.75) is 31.2 Å². The smallest absolute Gasteiger partial charge is 0.235 e. The summed E-state index contributed by atoms with van der Waals surface area (Å²) in [6, 6.07) is 14.2. The Bertz CT molecular complexity index is 1280. The van der Waals surface area contributed by atoms with Crippen LogP contribution in [0.4, 0.5) is 0 Å². The van der Waals surface area contributed by atoms with Crippen LogP contribution in [0.3, 0.4) is 0 Å². The van der Waals surface area contributed by atoms with E-state index in [0.717, 1.165) is 46.8 Å². The number of H-pyrrole nitrogens is 1. The van der Waals surface area contributed by atoms with E-state index >= 15 is 0 Å². The number of aromatic amines is 1. The van der Waals surface area contributed by atoms with Crippen LogP contribution in [0.25, 0.3) is 21.8 Å². The maximum Gasteiger partial charge on any atom is 0.235 e. The maximum atomic E-state index is 12.9. The first kappa shape index (κ1) is 15.7. The quantitative estimate of drug-likeness (QED) is 0.530. The van der Waals surface area contributed by atoms with Gasteiger partial charge in [-0.2, -0.15) is 0 Å². The molecule has 2 aromatic carbocycles. The lowest BCUT2D eigenvalue weighted by Crippen LogP contribution is -2.21. The van der Waals surface area contributed by atoms with Crippen LogP contribution in [0.15, 0.2) is 54.9 Å². The number of hydrogen-bond donors (Lipinski definition) is 2. The van der Waals surface area contributed by atoms with Crippen LogP contribution < -0.4 is 5.32 Å². The molecule has 6 rings (SSSR count). The van der Waals surface area contributed by atoms with E-state index in [1.165, 1.54) is 11.1 Å². The van der Waals surface area contributed by atoms with Crippen molar-refractivity contribution in [2.24, 2.45) is 0 Å². The van der Waals surface area contributed by atoms with E-state index in [0.29, 0.717) is 0 Å². The van der Waals surface area contributed by atoms with Gasteiger partial charge in [-0.1, -0.05) is 36.4 Å². The fourth-order valence-corrected chi connectivity index (χ4v) is 5.10. The number of aromatic nitrogens is 2. The molecule has 0 aliphatic carbocycles. The number of carbonyl (C=O) groups excluding carboxylic acids is 2. The molecule has 5 nitrogen and oxygen atoms in total. The molecule has 2 N–H and O–H groups in total. The molecule has 2 aromatic heterocycles. The van der Waals surface area contributed by atoms with Crippen LogP contribution in [0.5, 0.6) is 0 Å². The van der Waals surface area contributed by atoms with Gasteiger partial charge in [0.25, 0.3) is 0 Å². The third-order valence-electron chi connectivity index (χ3n) is 6.29. The van der Waals surface area contributed by atoms with Gasteiger partial charge in [0.05, 0.1) is 17.4 Å². The minimum Gasteiger partial charge on any atom is -0.361 e. The highest BCUT2D eigenvalue weighted by atomic mass is 16.2. The highest BCUT2D eigenvalue weighted by Gasteiger charge is 2.45. The van der Waals surface area contributed by atoms with Gasteiger partial charge in [0.2, 0.25) is 11.8 Å². The summed E-state index contributed by atoms with van der Waals surface area (Å²) in [5.74, 6) is -1.45. The number of aryl methyl sites for hydroxylation is 2. The normalized spacial score (nSPS) is 21.6. The predicted molar refractivity (Wildman–Crippen MR) is 107 cm³/mol. The van der Waals surface area contributed by atoms with E-state index in [9.17, 15) is 9.59 Å². The lowest BCUT2D eigenvalue weighted by molar-refractivity contribution is -0.125. The first-order valence-corrected chi connectivity index (χ1v) is 9.74. The summed E-state index contributed by atoms with van der Waals surface area (Å²) in [6.45, 7) is 0.952. The monoisotopic (exact) mass is 369 g/mol. The maximum absolute atomic E-state index is 12.9. The molecule has 2 atom stereocenters. The molecule has 1 saturated heterocycles. The highest BCUT2D eigenvalue weighted by molar-refractivity contribution is 6.13. The second-order valence-corrected chi connectivity index (χ2v) is 7.79. The third-order valence-corrected chi connectivity index (χ3v) is 6.29. The molecule has 1 fully saturated rings. The van der Waals surface area contributed by atoms with E-state index in [1.54, 1.807) is 0 Å². The number of carbonyl (C=O) groups is 2. The molecule has 0 radical (unpaired) electrons. The second kappa shape index (κ2) is 5.58. The van der Waals surface area contributed by atoms with Gasteiger partial charge in [-0.3, -0.25) is 14.9 Å². The van der Waals surface area contributed by atoms with Crippen molar-refractivity contribution in [1.82, 2.24) is 14.9 Å². The van der Waals surface area contributed by atoms with Crippen LogP contribution in [-0.2, 0) is 22.6 Å². The number of hydrogen-bond acceptors (Lipinski definition) is 2. The van der Waals surface area contributed by atoms with Gasteiger partial charge < -0.3 is 9.55 Å². The predicted octanol–water partition coefficient (Wildman–Crippen LogP) is 3.59. The average molecular weight is 369 g/mol. The van der Waals surface area contributed by atoms with Crippen LogP contribution >= 0.6 is 0 Å². The van der Waals surface area contributed by atoms with Gasteiger partial charge in [-0.05, 0) is 35.6 Å². The third kappa shape index (κ3) is 2.01. The highest BCUT2D eigenvalue weighted by Crippen LogP contribution is 2.44. The molecule has 1 unspecified atom stereocenters. The molecule has 0 saturated carbocycles. The lowest BCUT2D eigenvalue weighted by atomic mass is 9.83. The molecule has 28 heavy (non-hydrogen) atoms. The Morgan fingerprint density at radius 2 is 1.68 bits per heavy atom. The molecule has 0 bridgehead atoms. The minimum atomic E-state index is -0.521. The summed E-state index contributed by atoms with van der Waals surface area (Å²) in [7, 11) is 0. The van der Waals surface area contributed by atoms with Gasteiger partial charge in [0, 0.05) is 35.2 Å². The van der Waals surface area contributed by atoms with Crippen molar-refractivity contribution in [1.29, 1.82) is 0 Å². The van der Waals surface area contributed by atoms with E-state index < -0.39 is 11.8 Å². The van der Waals surface area contributed by atoms with E-state index in [4.69, 9.17) is 0 Å². The summed E-state index contributed by atoms with van der Waals surface area (Å²) in [5, 5.41) is 4.68. The number of benzene rings is 2. The summed E-state index contributed by atoms with van der Waals surface area (Å²) in [4.78, 5) is 29.0. The molecule has 2 aliphatic rings. The van der Waals surface area contributed by atoms with Crippen molar-refractivity contribution < 1.29 is 9.59 Å². The van der Waals surface area contributed by atoms with Gasteiger partial charge in [0.1, 0.15) is 0 Å². The van der Waals surface area contributed by atoms with E-state index in [-0.39, 0.29) is 11.8 Å². The number of nitrogens with zero attached hydrogens (tertiary/aromatic N) is 1. The molecule has 0 spiro atoms. The number of nitrogens with one attached hydrogen (secondary N) is 2. The minimum absolute atomic E-state index is 0.205. The zero-order chi connectivity index (χ0) is 18.8. The molecule has 4 aromatic rings. The summed E-state index contributed by atoms with van der Waals surface area (Å²) in [6.07, 6.45) is 6.13. The van der Waals surface area contributed by atoms with Gasteiger partial charge >= 0.3 is 0 Å². The van der Waals surface area contributed by atoms with Crippen molar-refractivity contribution in [2.75, 3.05) is 0 Å². The molecular weight excluding hydrogens is 350 g/mol. The Morgan fingerprint density at radius 1 is 0.893 bits per heavy atom. The molecule has 4 heterocycles. The molecule has 2 amide bonds. The Hall–Kier alpha value is -3.34. The SMILES string of the molecule is O=C1NC(=O)[C@@H](c2cn3c4c(cccc24)CCC3)C1c1c[nH]c2ccccc12. The fraction of sp³-hybridized carbons (Fsp3) is 0.217. The lowest BCUT2D eigenvalue weighted by Gasteiger charge is -2.15. The topological polar surface area (TPSA) is 66.9 Å². The number of rotatable bonds is 2. The van der Waals surface area contributed by atoms with Gasteiger partial charge in [0.15, 0.2) is 0 Å². The zero-order valence-corrected chi connectivity index (χ0v) is 15.2. The number of imide groups is 1. The standard InChI is InChI=1S/C23H19N3O2/c27-22-19(16-11-24-18-9-2-1-7-14(16)18)20(23(28)25-22)17-12-26-10-4-6-13-5-3-8-15(17)21(13)26/h1-3,5,7-9,11-12,19-20,24H,4,6,10H2,(H,25,27,28)/t19?,20-/m0/s1. The van der Waals surface area contributed by atoms with Crippen LogP contribution in [0.1, 0.15) is 34.9 Å². The molecule has 138 valence electrons.